The second-order valence-corrected chi connectivity index (χ2v) is 5.33. The third-order valence-electron chi connectivity index (χ3n) is 1.77. The van der Waals surface area contributed by atoms with E-state index in [2.05, 4.69) is 10.1 Å². The van der Waals surface area contributed by atoms with Gasteiger partial charge in [-0.05, 0) is 12.1 Å². The summed E-state index contributed by atoms with van der Waals surface area (Å²) in [6.07, 6.45) is 5.72. The molecular formula is C8H6ClN3O2S. The zero-order chi connectivity index (χ0) is 10.9. The molecule has 0 unspecified atom stereocenters. The smallest absolute Gasteiger partial charge is 0.264 e. The van der Waals surface area contributed by atoms with Crippen molar-refractivity contribution in [2.75, 3.05) is 0 Å². The molecule has 2 aromatic heterocycles. The van der Waals surface area contributed by atoms with Gasteiger partial charge in [0.15, 0.2) is 0 Å². The number of aromatic nitrogens is 3. The van der Waals surface area contributed by atoms with Crippen LogP contribution in [0.5, 0.6) is 0 Å². The first-order chi connectivity index (χ1) is 7.07. The molecule has 15 heavy (non-hydrogen) atoms. The Hall–Kier alpha value is -1.40. The SMILES string of the molecule is O=S(=O)(Cl)c1cnn(-c2ccncc2)c1. The molecule has 2 rings (SSSR count). The van der Waals surface area contributed by atoms with Crippen molar-refractivity contribution in [3.8, 4) is 5.69 Å². The van der Waals surface area contributed by atoms with Crippen LogP contribution in [0.2, 0.25) is 0 Å². The van der Waals surface area contributed by atoms with Gasteiger partial charge in [0, 0.05) is 23.1 Å². The minimum absolute atomic E-state index is 0.0269. The molecule has 2 heterocycles. The first kappa shape index (κ1) is 10.1. The standard InChI is InChI=1S/C8H6ClN3O2S/c9-15(13,14)8-5-11-12(6-8)7-1-3-10-4-2-7/h1-6H. The molecular weight excluding hydrogens is 238 g/mol. The molecule has 0 atom stereocenters. The third kappa shape index (κ3) is 2.16. The molecule has 0 spiro atoms. The molecule has 0 fully saturated rings. The Labute approximate surface area is 90.7 Å². The summed E-state index contributed by atoms with van der Waals surface area (Å²) in [5.74, 6) is 0. The number of nitrogens with zero attached hydrogens (tertiary/aromatic N) is 3. The van der Waals surface area contributed by atoms with Crippen LogP contribution < -0.4 is 0 Å². The van der Waals surface area contributed by atoms with E-state index in [-0.39, 0.29) is 4.90 Å². The molecule has 0 saturated heterocycles. The van der Waals surface area contributed by atoms with E-state index in [0.717, 1.165) is 5.69 Å². The minimum atomic E-state index is -3.72. The van der Waals surface area contributed by atoms with E-state index in [0.29, 0.717) is 0 Å². The summed E-state index contributed by atoms with van der Waals surface area (Å²) >= 11 is 0. The number of rotatable bonds is 2. The van der Waals surface area contributed by atoms with Crippen LogP contribution in [-0.2, 0) is 9.05 Å². The van der Waals surface area contributed by atoms with Crippen molar-refractivity contribution in [3.05, 3.63) is 36.9 Å². The number of pyridine rings is 1. The van der Waals surface area contributed by atoms with E-state index in [1.165, 1.54) is 17.1 Å². The maximum absolute atomic E-state index is 11.0. The fourth-order valence-electron chi connectivity index (χ4n) is 1.07. The first-order valence-electron chi connectivity index (χ1n) is 3.97. The van der Waals surface area contributed by atoms with Crippen molar-refractivity contribution in [1.82, 2.24) is 14.8 Å². The van der Waals surface area contributed by atoms with Gasteiger partial charge in [0.1, 0.15) is 4.90 Å². The number of halogens is 1. The van der Waals surface area contributed by atoms with Crippen molar-refractivity contribution < 1.29 is 8.42 Å². The van der Waals surface area contributed by atoms with Gasteiger partial charge in [0.2, 0.25) is 0 Å². The normalized spacial score (nSPS) is 11.5. The summed E-state index contributed by atoms with van der Waals surface area (Å²) in [4.78, 5) is 3.81. The van der Waals surface area contributed by atoms with Gasteiger partial charge in [0.25, 0.3) is 9.05 Å². The molecule has 0 aliphatic carbocycles. The van der Waals surface area contributed by atoms with E-state index in [4.69, 9.17) is 10.7 Å². The Kier molecular flexibility index (Phi) is 2.45. The first-order valence-corrected chi connectivity index (χ1v) is 6.28. The highest BCUT2D eigenvalue weighted by atomic mass is 35.7. The van der Waals surface area contributed by atoms with Crippen molar-refractivity contribution in [2.24, 2.45) is 0 Å². The van der Waals surface area contributed by atoms with Crippen LogP contribution in [0.4, 0.5) is 0 Å². The molecule has 0 amide bonds. The fourth-order valence-corrected chi connectivity index (χ4v) is 1.71. The lowest BCUT2D eigenvalue weighted by molar-refractivity contribution is 0.609. The predicted molar refractivity (Wildman–Crippen MR) is 54.4 cm³/mol. The van der Waals surface area contributed by atoms with Gasteiger partial charge in [-0.2, -0.15) is 5.10 Å². The highest BCUT2D eigenvalue weighted by Crippen LogP contribution is 2.15. The lowest BCUT2D eigenvalue weighted by atomic mass is 10.4. The highest BCUT2D eigenvalue weighted by molar-refractivity contribution is 8.13. The molecule has 0 aromatic carbocycles. The van der Waals surface area contributed by atoms with Crippen molar-refractivity contribution in [2.45, 2.75) is 4.90 Å². The second-order valence-electron chi connectivity index (χ2n) is 2.76. The van der Waals surface area contributed by atoms with E-state index >= 15 is 0 Å². The molecule has 0 aliphatic rings. The quantitative estimate of drug-likeness (QED) is 0.744. The van der Waals surface area contributed by atoms with Crippen LogP contribution in [0.3, 0.4) is 0 Å². The summed E-state index contributed by atoms with van der Waals surface area (Å²) < 4.78 is 23.4. The molecule has 0 saturated carbocycles. The maximum Gasteiger partial charge on any atom is 0.264 e. The van der Waals surface area contributed by atoms with Crippen LogP contribution in [-0.4, -0.2) is 23.2 Å². The number of hydrogen-bond acceptors (Lipinski definition) is 4. The van der Waals surface area contributed by atoms with E-state index in [1.54, 1.807) is 24.5 Å². The van der Waals surface area contributed by atoms with Crippen LogP contribution in [0.25, 0.3) is 5.69 Å². The maximum atomic E-state index is 11.0. The second kappa shape index (κ2) is 3.63. The predicted octanol–water partition coefficient (Wildman–Crippen LogP) is 1.19. The Bertz CT molecular complexity index is 565. The molecule has 7 heteroatoms. The monoisotopic (exact) mass is 243 g/mol. The van der Waals surface area contributed by atoms with Gasteiger partial charge in [-0.1, -0.05) is 0 Å². The Morgan fingerprint density at radius 2 is 1.93 bits per heavy atom. The zero-order valence-corrected chi connectivity index (χ0v) is 8.98. The van der Waals surface area contributed by atoms with E-state index in [9.17, 15) is 8.42 Å². The lowest BCUT2D eigenvalue weighted by Gasteiger charge is -1.97. The summed E-state index contributed by atoms with van der Waals surface area (Å²) in [7, 11) is 1.45. The zero-order valence-electron chi connectivity index (χ0n) is 7.41. The summed E-state index contributed by atoms with van der Waals surface area (Å²) in [5, 5.41) is 3.88. The Balaban J connectivity index is 2.46. The van der Waals surface area contributed by atoms with Gasteiger partial charge < -0.3 is 0 Å². The van der Waals surface area contributed by atoms with Crippen LogP contribution in [0.15, 0.2) is 41.8 Å². The van der Waals surface area contributed by atoms with Gasteiger partial charge in [-0.25, -0.2) is 13.1 Å². The van der Waals surface area contributed by atoms with E-state index < -0.39 is 9.05 Å². The Morgan fingerprint density at radius 3 is 2.47 bits per heavy atom. The van der Waals surface area contributed by atoms with Gasteiger partial charge >= 0.3 is 0 Å². The van der Waals surface area contributed by atoms with Crippen molar-refractivity contribution in [3.63, 3.8) is 0 Å². The Morgan fingerprint density at radius 1 is 1.27 bits per heavy atom. The summed E-state index contributed by atoms with van der Waals surface area (Å²) in [6.45, 7) is 0. The summed E-state index contributed by atoms with van der Waals surface area (Å²) in [5.41, 5.74) is 0.719. The average Bonchev–Trinajstić information content (AvgIpc) is 2.67. The average molecular weight is 244 g/mol. The molecule has 0 N–H and O–H groups in total. The van der Waals surface area contributed by atoms with Crippen LogP contribution >= 0.6 is 10.7 Å². The minimum Gasteiger partial charge on any atom is -0.265 e. The molecule has 0 bridgehead atoms. The van der Waals surface area contributed by atoms with Crippen LogP contribution in [0, 0.1) is 0 Å². The fraction of sp³-hybridized carbons (Fsp3) is 0. The number of hydrogen-bond donors (Lipinski definition) is 0. The lowest BCUT2D eigenvalue weighted by Crippen LogP contribution is -1.93. The van der Waals surface area contributed by atoms with Gasteiger partial charge in [-0.15, -0.1) is 0 Å². The molecule has 0 radical (unpaired) electrons. The van der Waals surface area contributed by atoms with Gasteiger partial charge in [-0.3, -0.25) is 4.98 Å². The molecule has 5 nitrogen and oxygen atoms in total. The van der Waals surface area contributed by atoms with Crippen LogP contribution in [0.1, 0.15) is 0 Å². The third-order valence-corrected chi connectivity index (χ3v) is 3.08. The van der Waals surface area contributed by atoms with Crippen molar-refractivity contribution >= 4 is 19.7 Å². The van der Waals surface area contributed by atoms with Gasteiger partial charge in [0.05, 0.1) is 18.1 Å². The van der Waals surface area contributed by atoms with Crippen molar-refractivity contribution in [1.29, 1.82) is 0 Å². The summed E-state index contributed by atoms with van der Waals surface area (Å²) in [6, 6.07) is 3.41. The molecule has 2 aromatic rings. The topological polar surface area (TPSA) is 64.8 Å². The molecule has 78 valence electrons. The van der Waals surface area contributed by atoms with E-state index in [1.807, 2.05) is 0 Å². The molecule has 0 aliphatic heterocycles. The highest BCUT2D eigenvalue weighted by Gasteiger charge is 2.12. The largest absolute Gasteiger partial charge is 0.265 e.